The van der Waals surface area contributed by atoms with Gasteiger partial charge in [0.2, 0.25) is 5.95 Å². The number of piperidine rings is 1. The summed E-state index contributed by atoms with van der Waals surface area (Å²) in [5.41, 5.74) is 6.82. The third-order valence-corrected chi connectivity index (χ3v) is 5.20. The van der Waals surface area contributed by atoms with Crippen molar-refractivity contribution >= 4 is 27.7 Å². The molecule has 1 atom stereocenters. The molecule has 0 aliphatic carbocycles. The quantitative estimate of drug-likeness (QED) is 0.839. The van der Waals surface area contributed by atoms with Gasteiger partial charge in [0.1, 0.15) is 11.4 Å². The fraction of sp³-hybridized carbons (Fsp3) is 0.444. The van der Waals surface area contributed by atoms with E-state index in [4.69, 9.17) is 5.73 Å². The normalized spacial score (nSPS) is 21.3. The molecule has 6 heteroatoms. The fourth-order valence-electron chi connectivity index (χ4n) is 3.22. The van der Waals surface area contributed by atoms with Gasteiger partial charge in [-0.15, -0.1) is 0 Å². The Morgan fingerprint density at radius 2 is 2.04 bits per heavy atom. The molecule has 1 saturated heterocycles. The van der Waals surface area contributed by atoms with Crippen molar-refractivity contribution in [2.75, 3.05) is 23.7 Å². The first-order valence-electron chi connectivity index (χ1n) is 8.26. The maximum absolute atomic E-state index is 11.3. The van der Waals surface area contributed by atoms with Gasteiger partial charge >= 0.3 is 0 Å². The molecule has 3 rings (SSSR count). The van der Waals surface area contributed by atoms with Crippen LogP contribution in [0, 0.1) is 0 Å². The van der Waals surface area contributed by atoms with Crippen LogP contribution in [0.4, 0.5) is 11.8 Å². The molecule has 1 fully saturated rings. The second-order valence-corrected chi connectivity index (χ2v) is 7.55. The molecule has 3 N–H and O–H groups in total. The molecular formula is C18H23BrN4O. The van der Waals surface area contributed by atoms with Crippen molar-refractivity contribution in [1.29, 1.82) is 0 Å². The highest BCUT2D eigenvalue weighted by atomic mass is 79.9. The summed E-state index contributed by atoms with van der Waals surface area (Å²) >= 11 is 3.56. The van der Waals surface area contributed by atoms with Crippen LogP contribution < -0.4 is 10.6 Å². The van der Waals surface area contributed by atoms with Crippen LogP contribution in [0.15, 0.2) is 34.8 Å². The minimum Gasteiger partial charge on any atom is -0.383 e. The van der Waals surface area contributed by atoms with Crippen LogP contribution in [0.1, 0.15) is 43.9 Å². The third-order valence-electron chi connectivity index (χ3n) is 4.51. The van der Waals surface area contributed by atoms with E-state index >= 15 is 0 Å². The summed E-state index contributed by atoms with van der Waals surface area (Å²) < 4.78 is 0.930. The first kappa shape index (κ1) is 17.2. The van der Waals surface area contributed by atoms with E-state index in [0.29, 0.717) is 6.54 Å². The summed E-state index contributed by atoms with van der Waals surface area (Å²) in [5, 5.41) is 11.3. The molecule has 1 aromatic carbocycles. The lowest BCUT2D eigenvalue weighted by Crippen LogP contribution is -2.46. The van der Waals surface area contributed by atoms with Gasteiger partial charge < -0.3 is 15.7 Å². The van der Waals surface area contributed by atoms with Gasteiger partial charge in [0.25, 0.3) is 0 Å². The number of halogens is 1. The number of anilines is 2. The van der Waals surface area contributed by atoms with Crippen LogP contribution in [0.3, 0.4) is 0 Å². The summed E-state index contributed by atoms with van der Waals surface area (Å²) in [7, 11) is 0. The van der Waals surface area contributed by atoms with Gasteiger partial charge in [-0.25, -0.2) is 4.98 Å². The molecule has 0 bridgehead atoms. The third kappa shape index (κ3) is 3.39. The number of hydrogen-bond donors (Lipinski definition) is 2. The summed E-state index contributed by atoms with van der Waals surface area (Å²) in [5.74, 6) is 1.35. The van der Waals surface area contributed by atoms with Crippen molar-refractivity contribution in [3.05, 3.63) is 46.1 Å². The van der Waals surface area contributed by atoms with Crippen molar-refractivity contribution in [2.45, 2.75) is 38.2 Å². The highest BCUT2D eigenvalue weighted by Crippen LogP contribution is 2.37. The monoisotopic (exact) mass is 390 g/mol. The molecule has 5 nitrogen and oxygen atoms in total. The predicted octanol–water partition coefficient (Wildman–Crippen LogP) is 3.43. The summed E-state index contributed by atoms with van der Waals surface area (Å²) in [6.07, 6.45) is 1.61. The molecule has 128 valence electrons. The molecule has 2 heterocycles. The number of nitrogens with zero attached hydrogens (tertiary/aromatic N) is 3. The molecule has 1 aromatic heterocycles. The van der Waals surface area contributed by atoms with E-state index in [2.05, 4.69) is 44.6 Å². The number of aliphatic hydroxyl groups is 1. The lowest BCUT2D eigenvalue weighted by atomic mass is 9.85. The topological polar surface area (TPSA) is 75.3 Å². The summed E-state index contributed by atoms with van der Waals surface area (Å²) in [4.78, 5) is 10.8. The van der Waals surface area contributed by atoms with Gasteiger partial charge in [-0.1, -0.05) is 48.0 Å². The van der Waals surface area contributed by atoms with Crippen LogP contribution in [0.2, 0.25) is 0 Å². The minimum atomic E-state index is -0.907. The summed E-state index contributed by atoms with van der Waals surface area (Å²) in [6.45, 7) is 5.50. The number of nitrogen functional groups attached to an aromatic ring is 1. The second kappa shape index (κ2) is 6.69. The lowest BCUT2D eigenvalue weighted by molar-refractivity contribution is 0.0210. The molecule has 1 aliphatic heterocycles. The Labute approximate surface area is 151 Å². The molecule has 0 amide bonds. The van der Waals surface area contributed by atoms with Gasteiger partial charge in [-0.05, 0) is 30.4 Å². The highest BCUT2D eigenvalue weighted by molar-refractivity contribution is 9.10. The number of benzene rings is 1. The zero-order chi connectivity index (χ0) is 17.3. The van der Waals surface area contributed by atoms with Crippen LogP contribution in [0.5, 0.6) is 0 Å². The first-order chi connectivity index (χ1) is 11.4. The molecule has 2 aromatic rings. The van der Waals surface area contributed by atoms with Crippen LogP contribution in [-0.2, 0) is 5.60 Å². The SMILES string of the molecule is CC(C)c1cc(N2CCCC(O)(c3ccccc3Br)C2)nc(N)n1. The first-order valence-corrected chi connectivity index (χ1v) is 9.05. The van der Waals surface area contributed by atoms with Crippen molar-refractivity contribution in [3.8, 4) is 0 Å². The maximum Gasteiger partial charge on any atom is 0.222 e. The molecule has 0 spiro atoms. The van der Waals surface area contributed by atoms with E-state index in [-0.39, 0.29) is 11.9 Å². The Balaban J connectivity index is 1.93. The standard InChI is InChI=1S/C18H23BrN4O/c1-12(2)15-10-16(22-17(20)21-15)23-9-5-8-18(24,11-23)13-6-3-4-7-14(13)19/h3-4,6-7,10,12,24H,5,8-9,11H2,1-2H3,(H2,20,21,22). The molecule has 1 aliphatic rings. The second-order valence-electron chi connectivity index (χ2n) is 6.70. The van der Waals surface area contributed by atoms with E-state index in [0.717, 1.165) is 40.9 Å². The van der Waals surface area contributed by atoms with E-state index in [1.807, 2.05) is 30.3 Å². The zero-order valence-electron chi connectivity index (χ0n) is 14.0. The lowest BCUT2D eigenvalue weighted by Gasteiger charge is -2.40. The van der Waals surface area contributed by atoms with Crippen molar-refractivity contribution < 1.29 is 5.11 Å². The Morgan fingerprint density at radius 1 is 1.29 bits per heavy atom. The number of β-amino-alcohol motifs (C(OH)–C–C–N with tert-alkyl or cyclic N) is 1. The van der Waals surface area contributed by atoms with Gasteiger partial charge in [0, 0.05) is 17.1 Å². The van der Waals surface area contributed by atoms with Gasteiger partial charge in [-0.2, -0.15) is 4.98 Å². The predicted molar refractivity (Wildman–Crippen MR) is 100 cm³/mol. The molecule has 24 heavy (non-hydrogen) atoms. The summed E-state index contributed by atoms with van der Waals surface area (Å²) in [6, 6.07) is 9.83. The molecular weight excluding hydrogens is 368 g/mol. The molecule has 0 saturated carbocycles. The number of nitrogens with two attached hydrogens (primary N) is 1. The smallest absolute Gasteiger partial charge is 0.222 e. The van der Waals surface area contributed by atoms with Crippen molar-refractivity contribution in [1.82, 2.24) is 9.97 Å². The number of rotatable bonds is 3. The number of hydrogen-bond acceptors (Lipinski definition) is 5. The minimum absolute atomic E-state index is 0.279. The molecule has 0 radical (unpaired) electrons. The highest BCUT2D eigenvalue weighted by Gasteiger charge is 2.37. The average molecular weight is 391 g/mol. The maximum atomic E-state index is 11.3. The zero-order valence-corrected chi connectivity index (χ0v) is 15.6. The van der Waals surface area contributed by atoms with E-state index in [9.17, 15) is 5.11 Å². The Morgan fingerprint density at radius 3 is 2.75 bits per heavy atom. The Bertz CT molecular complexity index is 737. The van der Waals surface area contributed by atoms with E-state index < -0.39 is 5.60 Å². The van der Waals surface area contributed by atoms with E-state index in [1.54, 1.807) is 0 Å². The Hall–Kier alpha value is -1.66. The average Bonchev–Trinajstić information content (AvgIpc) is 2.54. The van der Waals surface area contributed by atoms with Gasteiger partial charge in [0.15, 0.2) is 0 Å². The number of aromatic nitrogens is 2. The van der Waals surface area contributed by atoms with E-state index in [1.165, 1.54) is 0 Å². The van der Waals surface area contributed by atoms with Crippen LogP contribution in [-0.4, -0.2) is 28.2 Å². The van der Waals surface area contributed by atoms with Crippen molar-refractivity contribution in [2.24, 2.45) is 0 Å². The Kier molecular flexibility index (Phi) is 4.78. The largest absolute Gasteiger partial charge is 0.383 e. The van der Waals surface area contributed by atoms with Crippen LogP contribution in [0.25, 0.3) is 0 Å². The molecule has 1 unspecified atom stereocenters. The van der Waals surface area contributed by atoms with Gasteiger partial charge in [0.05, 0.1) is 12.2 Å². The fourth-order valence-corrected chi connectivity index (χ4v) is 3.87. The van der Waals surface area contributed by atoms with Crippen molar-refractivity contribution in [3.63, 3.8) is 0 Å². The van der Waals surface area contributed by atoms with Crippen LogP contribution >= 0.6 is 15.9 Å². The van der Waals surface area contributed by atoms with Gasteiger partial charge in [-0.3, -0.25) is 0 Å².